The Morgan fingerprint density at radius 3 is 2.50 bits per heavy atom. The minimum atomic E-state index is -1.05. The summed E-state index contributed by atoms with van der Waals surface area (Å²) < 4.78 is 2.61. The van der Waals surface area contributed by atoms with Gasteiger partial charge in [-0.25, -0.2) is 4.79 Å². The minimum Gasteiger partial charge on any atom is -0.465 e. The Kier molecular flexibility index (Phi) is 3.50. The lowest BCUT2D eigenvalue weighted by Gasteiger charge is -2.16. The molecule has 0 fully saturated rings. The molecule has 0 radical (unpaired) electrons. The van der Waals surface area contributed by atoms with Crippen molar-refractivity contribution in [1.82, 2.24) is 5.32 Å². The van der Waals surface area contributed by atoms with E-state index in [1.807, 2.05) is 22.6 Å². The molecule has 3 nitrogen and oxygen atoms in total. The molecule has 0 rings (SSSR count). The first-order valence-electron chi connectivity index (χ1n) is 2.62. The van der Waals surface area contributed by atoms with Gasteiger partial charge in [-0.3, -0.25) is 0 Å². The third-order valence-corrected chi connectivity index (χ3v) is 1.05. The Morgan fingerprint density at radius 2 is 2.20 bits per heavy atom. The average Bonchev–Trinajstić information content (AvgIpc) is 1.59. The third-order valence-electron chi connectivity index (χ3n) is 0.779. The summed E-state index contributed by atoms with van der Waals surface area (Å²) in [4.78, 5) is 10.1. The number of hydrogen-bond donors (Lipinski definition) is 2. The van der Waals surface area contributed by atoms with Crippen LogP contribution in [0.4, 0.5) is 4.79 Å². The van der Waals surface area contributed by atoms with Crippen molar-refractivity contribution in [1.29, 1.82) is 0 Å². The van der Waals surface area contributed by atoms with Crippen LogP contribution in [-0.2, 0) is 0 Å². The van der Waals surface area contributed by atoms with Crippen molar-refractivity contribution in [3.8, 4) is 9.85 Å². The maximum atomic E-state index is 10.1. The first-order chi connectivity index (χ1) is 4.48. The van der Waals surface area contributed by atoms with Crippen molar-refractivity contribution in [3.63, 3.8) is 0 Å². The molecule has 10 heavy (non-hydrogen) atoms. The molecule has 0 saturated carbocycles. The minimum absolute atomic E-state index is 0.646. The van der Waals surface area contributed by atoms with Crippen molar-refractivity contribution in [2.45, 2.75) is 19.4 Å². The lowest BCUT2D eigenvalue weighted by molar-refractivity contribution is 0.188. The molecule has 4 heteroatoms. The summed E-state index contributed by atoms with van der Waals surface area (Å²) in [6.45, 7) is 3.40. The highest BCUT2D eigenvalue weighted by atomic mass is 127. The smallest absolute Gasteiger partial charge is 0.405 e. The zero-order valence-electron chi connectivity index (χ0n) is 5.73. The van der Waals surface area contributed by atoms with Crippen LogP contribution in [0.5, 0.6) is 0 Å². The highest BCUT2D eigenvalue weighted by Gasteiger charge is 2.15. The van der Waals surface area contributed by atoms with E-state index in [1.165, 1.54) is 0 Å². The fraction of sp³-hybridized carbons (Fsp3) is 0.500. The molecule has 0 aromatic heterocycles. The Hall–Kier alpha value is -0.440. The van der Waals surface area contributed by atoms with Gasteiger partial charge < -0.3 is 10.4 Å². The van der Waals surface area contributed by atoms with Crippen LogP contribution in [0.1, 0.15) is 13.8 Å². The quantitative estimate of drug-likeness (QED) is 0.548. The fourth-order valence-electron chi connectivity index (χ4n) is 0.417. The summed E-state index contributed by atoms with van der Waals surface area (Å²) in [5.41, 5.74) is -0.646. The molecule has 0 atom stereocenters. The molecular formula is C6H8INO2. The lowest BCUT2D eigenvalue weighted by atomic mass is 10.1. The van der Waals surface area contributed by atoms with Gasteiger partial charge in [-0.05, 0) is 17.8 Å². The van der Waals surface area contributed by atoms with Crippen LogP contribution in [0.15, 0.2) is 0 Å². The highest BCUT2D eigenvalue weighted by molar-refractivity contribution is 14.1. The molecule has 56 valence electrons. The molecule has 0 aromatic carbocycles. The molecule has 0 unspecified atom stereocenters. The van der Waals surface area contributed by atoms with Crippen molar-refractivity contribution in [3.05, 3.63) is 0 Å². The summed E-state index contributed by atoms with van der Waals surface area (Å²) in [6.07, 6.45) is -1.05. The van der Waals surface area contributed by atoms with Crippen LogP contribution in [0.2, 0.25) is 0 Å². The molecule has 2 N–H and O–H groups in total. The molecule has 0 aliphatic rings. The monoisotopic (exact) mass is 253 g/mol. The van der Waals surface area contributed by atoms with Crippen LogP contribution >= 0.6 is 22.6 Å². The molecule has 0 aromatic rings. The normalized spacial score (nSPS) is 9.50. The Labute approximate surface area is 73.3 Å². The first-order valence-corrected chi connectivity index (χ1v) is 3.70. The highest BCUT2D eigenvalue weighted by Crippen LogP contribution is 1.99. The first kappa shape index (κ1) is 9.56. The number of amides is 1. The number of carbonyl (C=O) groups is 1. The zero-order valence-corrected chi connectivity index (χ0v) is 7.89. The summed E-state index contributed by atoms with van der Waals surface area (Å²) in [5, 5.41) is 10.6. The number of halogens is 1. The summed E-state index contributed by atoms with van der Waals surface area (Å²) in [5.74, 6) is 2.70. The maximum Gasteiger partial charge on any atom is 0.405 e. The van der Waals surface area contributed by atoms with Crippen LogP contribution in [0.3, 0.4) is 0 Å². The number of nitrogens with one attached hydrogen (secondary N) is 1. The van der Waals surface area contributed by atoms with Crippen LogP contribution in [0.25, 0.3) is 0 Å². The van der Waals surface area contributed by atoms with Crippen LogP contribution in [0, 0.1) is 9.85 Å². The van der Waals surface area contributed by atoms with Crippen molar-refractivity contribution in [2.24, 2.45) is 0 Å². The zero-order chi connectivity index (χ0) is 8.20. The largest absolute Gasteiger partial charge is 0.465 e. The molecule has 1 amide bonds. The van der Waals surface area contributed by atoms with Crippen LogP contribution in [-0.4, -0.2) is 16.7 Å². The maximum absolute atomic E-state index is 10.1. The van der Waals surface area contributed by atoms with Crippen molar-refractivity contribution < 1.29 is 9.90 Å². The van der Waals surface area contributed by atoms with E-state index in [1.54, 1.807) is 13.8 Å². The molecule has 0 heterocycles. The molecule has 0 bridgehead atoms. The third kappa shape index (κ3) is 4.44. The van der Waals surface area contributed by atoms with E-state index < -0.39 is 11.6 Å². The molecule has 0 spiro atoms. The molecule has 0 aliphatic carbocycles. The topological polar surface area (TPSA) is 49.3 Å². The van der Waals surface area contributed by atoms with Gasteiger partial charge in [0, 0.05) is 22.6 Å². The van der Waals surface area contributed by atoms with Gasteiger partial charge in [0.1, 0.15) is 0 Å². The summed E-state index contributed by atoms with van der Waals surface area (Å²) in [7, 11) is 0. The predicted molar refractivity (Wildman–Crippen MR) is 47.0 cm³/mol. The van der Waals surface area contributed by atoms with E-state index in [-0.39, 0.29) is 0 Å². The van der Waals surface area contributed by atoms with Crippen molar-refractivity contribution in [2.75, 3.05) is 0 Å². The van der Waals surface area contributed by atoms with Gasteiger partial charge in [-0.15, -0.1) is 0 Å². The number of hydrogen-bond acceptors (Lipinski definition) is 1. The van der Waals surface area contributed by atoms with Gasteiger partial charge >= 0.3 is 6.09 Å². The summed E-state index contributed by atoms with van der Waals surface area (Å²) in [6, 6.07) is 0. The van der Waals surface area contributed by atoms with E-state index in [2.05, 4.69) is 15.2 Å². The molecule has 0 saturated heterocycles. The van der Waals surface area contributed by atoms with E-state index >= 15 is 0 Å². The predicted octanol–water partition coefficient (Wildman–Crippen LogP) is 1.43. The van der Waals surface area contributed by atoms with Crippen LogP contribution < -0.4 is 5.32 Å². The van der Waals surface area contributed by atoms with E-state index in [0.717, 1.165) is 0 Å². The van der Waals surface area contributed by atoms with Gasteiger partial charge in [-0.2, -0.15) is 0 Å². The van der Waals surface area contributed by atoms with Gasteiger partial charge in [0.25, 0.3) is 0 Å². The Bertz CT molecular complexity index is 190. The Morgan fingerprint density at radius 1 is 1.70 bits per heavy atom. The van der Waals surface area contributed by atoms with E-state index in [0.29, 0.717) is 0 Å². The van der Waals surface area contributed by atoms with E-state index in [4.69, 9.17) is 5.11 Å². The average molecular weight is 253 g/mol. The second-order valence-electron chi connectivity index (χ2n) is 2.27. The Balaban J connectivity index is 4.08. The van der Waals surface area contributed by atoms with Gasteiger partial charge in [0.05, 0.1) is 5.54 Å². The second kappa shape index (κ2) is 3.66. The SMILES string of the molecule is CC(C)(C#CI)NC(=O)O. The molecule has 0 aliphatic heterocycles. The number of carboxylic acid groups (broad SMARTS) is 1. The lowest BCUT2D eigenvalue weighted by Crippen LogP contribution is -2.41. The fourth-order valence-corrected chi connectivity index (χ4v) is 1.09. The van der Waals surface area contributed by atoms with Crippen molar-refractivity contribution >= 4 is 28.7 Å². The summed E-state index contributed by atoms with van der Waals surface area (Å²) >= 11 is 1.87. The number of rotatable bonds is 1. The van der Waals surface area contributed by atoms with Gasteiger partial charge in [-0.1, -0.05) is 5.92 Å². The standard InChI is InChI=1S/C6H8INO2/c1-6(2,3-4-7)8-5(9)10/h8H,1-2H3,(H,9,10). The second-order valence-corrected chi connectivity index (χ2v) is 2.81. The van der Waals surface area contributed by atoms with Gasteiger partial charge in [0.2, 0.25) is 0 Å². The van der Waals surface area contributed by atoms with E-state index in [9.17, 15) is 4.79 Å². The molecular weight excluding hydrogens is 245 g/mol. The van der Waals surface area contributed by atoms with Gasteiger partial charge in [0.15, 0.2) is 0 Å².